The minimum Gasteiger partial charge on any atom is -0.463 e. The SMILES string of the molecule is C=CCN1C(=O)C(Cc2ccc(C)cc2)S/C1=N\N=C\c1ccco1. The van der Waals surface area contributed by atoms with Crippen LogP contribution in [0.4, 0.5) is 0 Å². The monoisotopic (exact) mass is 353 g/mol. The number of nitrogens with zero attached hydrogens (tertiary/aromatic N) is 3. The fourth-order valence-electron chi connectivity index (χ4n) is 2.45. The topological polar surface area (TPSA) is 58.2 Å². The van der Waals surface area contributed by atoms with Crippen molar-refractivity contribution in [1.82, 2.24) is 4.90 Å². The predicted octanol–water partition coefficient (Wildman–Crippen LogP) is 3.65. The Balaban J connectivity index is 1.74. The summed E-state index contributed by atoms with van der Waals surface area (Å²) in [5, 5.41) is 8.63. The number of thioether (sulfide) groups is 1. The second-order valence-electron chi connectivity index (χ2n) is 5.68. The van der Waals surface area contributed by atoms with Gasteiger partial charge in [0.25, 0.3) is 0 Å². The van der Waals surface area contributed by atoms with Gasteiger partial charge in [0.05, 0.1) is 17.7 Å². The van der Waals surface area contributed by atoms with E-state index in [-0.39, 0.29) is 11.2 Å². The van der Waals surface area contributed by atoms with Gasteiger partial charge in [-0.1, -0.05) is 47.7 Å². The van der Waals surface area contributed by atoms with Gasteiger partial charge >= 0.3 is 0 Å². The maximum Gasteiger partial charge on any atom is 0.242 e. The number of carbonyl (C=O) groups excluding carboxylic acids is 1. The van der Waals surface area contributed by atoms with Gasteiger partial charge in [0, 0.05) is 6.54 Å². The van der Waals surface area contributed by atoms with Crippen molar-refractivity contribution in [3.8, 4) is 0 Å². The second-order valence-corrected chi connectivity index (χ2v) is 6.85. The highest BCUT2D eigenvalue weighted by molar-refractivity contribution is 8.15. The lowest BCUT2D eigenvalue weighted by atomic mass is 10.1. The van der Waals surface area contributed by atoms with E-state index in [1.807, 2.05) is 6.92 Å². The van der Waals surface area contributed by atoms with Crippen molar-refractivity contribution in [2.45, 2.75) is 18.6 Å². The molecular weight excluding hydrogens is 334 g/mol. The van der Waals surface area contributed by atoms with Crippen LogP contribution < -0.4 is 0 Å². The first-order valence-corrected chi connectivity index (χ1v) is 8.84. The fourth-order valence-corrected chi connectivity index (χ4v) is 3.60. The Bertz CT molecular complexity index is 795. The molecule has 3 rings (SSSR count). The zero-order valence-electron chi connectivity index (χ0n) is 14.0. The summed E-state index contributed by atoms with van der Waals surface area (Å²) < 4.78 is 5.18. The lowest BCUT2D eigenvalue weighted by Gasteiger charge is -2.12. The first kappa shape index (κ1) is 17.2. The Hall–Kier alpha value is -2.60. The number of amidine groups is 1. The van der Waals surface area contributed by atoms with Crippen molar-refractivity contribution < 1.29 is 9.21 Å². The van der Waals surface area contributed by atoms with E-state index in [9.17, 15) is 4.79 Å². The highest BCUT2D eigenvalue weighted by Gasteiger charge is 2.37. The van der Waals surface area contributed by atoms with Crippen LogP contribution in [0.2, 0.25) is 0 Å². The standard InChI is InChI=1S/C19H19N3O2S/c1-3-10-22-18(23)17(12-15-8-6-14(2)7-9-15)25-19(22)21-20-13-16-5-4-11-24-16/h3-9,11,13,17H,1,10,12H2,2H3/b20-13+,21-19-. The number of benzene rings is 1. The van der Waals surface area contributed by atoms with E-state index < -0.39 is 0 Å². The normalized spacial score (nSPS) is 19.2. The number of aryl methyl sites for hydroxylation is 1. The Morgan fingerprint density at radius 3 is 2.80 bits per heavy atom. The molecular formula is C19H19N3O2S. The van der Waals surface area contributed by atoms with Crippen LogP contribution in [0.15, 0.2) is 69.9 Å². The highest BCUT2D eigenvalue weighted by Crippen LogP contribution is 2.30. The zero-order valence-corrected chi connectivity index (χ0v) is 14.8. The summed E-state index contributed by atoms with van der Waals surface area (Å²) in [6, 6.07) is 11.8. The summed E-state index contributed by atoms with van der Waals surface area (Å²) >= 11 is 1.44. The van der Waals surface area contributed by atoms with Gasteiger partial charge in [0.1, 0.15) is 5.76 Å². The van der Waals surface area contributed by atoms with E-state index in [0.717, 1.165) is 5.56 Å². The highest BCUT2D eigenvalue weighted by atomic mass is 32.2. The Morgan fingerprint density at radius 1 is 1.32 bits per heavy atom. The summed E-state index contributed by atoms with van der Waals surface area (Å²) in [5.74, 6) is 0.655. The minimum atomic E-state index is -0.194. The second kappa shape index (κ2) is 7.98. The first-order chi connectivity index (χ1) is 12.2. The lowest BCUT2D eigenvalue weighted by molar-refractivity contribution is -0.125. The van der Waals surface area contributed by atoms with Gasteiger partial charge in [-0.05, 0) is 31.0 Å². The van der Waals surface area contributed by atoms with Gasteiger partial charge in [-0.2, -0.15) is 5.10 Å². The molecule has 0 bridgehead atoms. The largest absolute Gasteiger partial charge is 0.463 e. The summed E-state index contributed by atoms with van der Waals surface area (Å²) in [5.41, 5.74) is 2.34. The molecule has 0 spiro atoms. The summed E-state index contributed by atoms with van der Waals surface area (Å²) in [6.45, 7) is 6.19. The molecule has 1 amide bonds. The van der Waals surface area contributed by atoms with Crippen molar-refractivity contribution in [3.05, 3.63) is 72.2 Å². The van der Waals surface area contributed by atoms with E-state index in [1.165, 1.54) is 23.5 Å². The van der Waals surface area contributed by atoms with Crippen molar-refractivity contribution in [2.75, 3.05) is 6.54 Å². The maximum absolute atomic E-state index is 12.7. The third-order valence-electron chi connectivity index (χ3n) is 3.74. The van der Waals surface area contributed by atoms with E-state index in [0.29, 0.717) is 23.9 Å². The predicted molar refractivity (Wildman–Crippen MR) is 102 cm³/mol. The number of amides is 1. The van der Waals surface area contributed by atoms with Crippen molar-refractivity contribution in [2.24, 2.45) is 10.2 Å². The summed E-state index contributed by atoms with van der Waals surface area (Å²) in [7, 11) is 0. The molecule has 0 aliphatic carbocycles. The van der Waals surface area contributed by atoms with Crippen LogP contribution in [-0.4, -0.2) is 34.0 Å². The fraction of sp³-hybridized carbons (Fsp3) is 0.211. The molecule has 6 heteroatoms. The molecule has 1 aromatic heterocycles. The van der Waals surface area contributed by atoms with Crippen LogP contribution in [0.3, 0.4) is 0 Å². The van der Waals surface area contributed by atoms with E-state index in [1.54, 1.807) is 29.4 Å². The van der Waals surface area contributed by atoms with Crippen LogP contribution in [0.25, 0.3) is 0 Å². The van der Waals surface area contributed by atoms with Gasteiger partial charge < -0.3 is 4.42 Å². The Labute approximate surface area is 151 Å². The number of hydrogen-bond donors (Lipinski definition) is 0. The third kappa shape index (κ3) is 4.28. The molecule has 0 N–H and O–H groups in total. The lowest BCUT2D eigenvalue weighted by Crippen LogP contribution is -2.32. The van der Waals surface area contributed by atoms with Crippen molar-refractivity contribution in [1.29, 1.82) is 0 Å². The number of carbonyl (C=O) groups is 1. The van der Waals surface area contributed by atoms with Crippen LogP contribution in [0.5, 0.6) is 0 Å². The third-order valence-corrected chi connectivity index (χ3v) is 4.91. The number of rotatable bonds is 6. The molecule has 0 saturated carbocycles. The molecule has 1 fully saturated rings. The van der Waals surface area contributed by atoms with Gasteiger partial charge in [0.2, 0.25) is 5.91 Å². The molecule has 0 radical (unpaired) electrons. The van der Waals surface area contributed by atoms with E-state index in [2.05, 4.69) is 41.0 Å². The van der Waals surface area contributed by atoms with Crippen LogP contribution in [-0.2, 0) is 11.2 Å². The molecule has 1 saturated heterocycles. The quantitative estimate of drug-likeness (QED) is 0.452. The molecule has 128 valence electrons. The molecule has 1 unspecified atom stereocenters. The molecule has 1 aliphatic heterocycles. The number of hydrogen-bond acceptors (Lipinski definition) is 5. The molecule has 5 nitrogen and oxygen atoms in total. The number of furan rings is 1. The molecule has 1 aliphatic rings. The van der Waals surface area contributed by atoms with Gasteiger partial charge in [-0.3, -0.25) is 9.69 Å². The average Bonchev–Trinajstić information content (AvgIpc) is 3.21. The Kier molecular flexibility index (Phi) is 5.50. The van der Waals surface area contributed by atoms with Crippen LogP contribution >= 0.6 is 11.8 Å². The summed E-state index contributed by atoms with van der Waals surface area (Å²) in [4.78, 5) is 14.3. The smallest absolute Gasteiger partial charge is 0.242 e. The summed E-state index contributed by atoms with van der Waals surface area (Å²) in [6.07, 6.45) is 5.46. The molecule has 1 aromatic carbocycles. The van der Waals surface area contributed by atoms with E-state index in [4.69, 9.17) is 4.42 Å². The zero-order chi connectivity index (χ0) is 17.6. The first-order valence-electron chi connectivity index (χ1n) is 7.96. The van der Waals surface area contributed by atoms with Gasteiger partial charge in [-0.15, -0.1) is 11.7 Å². The molecule has 1 atom stereocenters. The van der Waals surface area contributed by atoms with Crippen LogP contribution in [0.1, 0.15) is 16.9 Å². The molecule has 25 heavy (non-hydrogen) atoms. The van der Waals surface area contributed by atoms with Gasteiger partial charge in [0.15, 0.2) is 5.17 Å². The molecule has 2 heterocycles. The maximum atomic E-state index is 12.7. The van der Waals surface area contributed by atoms with Crippen molar-refractivity contribution in [3.63, 3.8) is 0 Å². The van der Waals surface area contributed by atoms with Crippen molar-refractivity contribution >= 4 is 29.1 Å². The minimum absolute atomic E-state index is 0.0393. The van der Waals surface area contributed by atoms with Gasteiger partial charge in [-0.25, -0.2) is 0 Å². The van der Waals surface area contributed by atoms with E-state index >= 15 is 0 Å². The average molecular weight is 353 g/mol. The van der Waals surface area contributed by atoms with Crippen LogP contribution in [0, 0.1) is 6.92 Å². The Morgan fingerprint density at radius 2 is 2.12 bits per heavy atom. The molecule has 2 aromatic rings.